The maximum Gasteiger partial charge on any atom is 0.349 e. The highest BCUT2D eigenvalue weighted by Crippen LogP contribution is 2.31. The molecule has 2 aliphatic heterocycles. The van der Waals surface area contributed by atoms with Gasteiger partial charge < -0.3 is 19.4 Å². The summed E-state index contributed by atoms with van der Waals surface area (Å²) in [6.45, 7) is 0.245. The Hall–Kier alpha value is -3.70. The number of rotatable bonds is 3. The molecule has 3 aromatic rings. The molecule has 0 unspecified atom stereocenters. The predicted molar refractivity (Wildman–Crippen MR) is 118 cm³/mol. The monoisotopic (exact) mass is 469 g/mol. The zero-order chi connectivity index (χ0) is 23.2. The Morgan fingerprint density at radius 2 is 1.73 bits per heavy atom. The highest BCUT2D eigenvalue weighted by molar-refractivity contribution is 7.89. The molecule has 0 bridgehead atoms. The zero-order valence-electron chi connectivity index (χ0n) is 17.3. The summed E-state index contributed by atoms with van der Waals surface area (Å²) in [5, 5.41) is 3.22. The number of piperazine rings is 1. The molecule has 0 radical (unpaired) electrons. The molecule has 1 fully saturated rings. The minimum atomic E-state index is -3.86. The number of amides is 2. The normalized spacial score (nSPS) is 16.7. The van der Waals surface area contributed by atoms with Crippen molar-refractivity contribution in [2.75, 3.05) is 38.1 Å². The topological polar surface area (TPSA) is 126 Å². The van der Waals surface area contributed by atoms with E-state index in [1.807, 2.05) is 0 Å². The first kappa shape index (κ1) is 21.2. The van der Waals surface area contributed by atoms with E-state index >= 15 is 0 Å². The molecule has 0 saturated carbocycles. The van der Waals surface area contributed by atoms with Crippen LogP contribution in [0.15, 0.2) is 62.6 Å². The molecule has 1 aromatic heterocycles. The first-order chi connectivity index (χ1) is 15.8. The van der Waals surface area contributed by atoms with Crippen molar-refractivity contribution in [3.8, 4) is 5.75 Å². The van der Waals surface area contributed by atoms with Crippen LogP contribution in [-0.4, -0.2) is 62.2 Å². The van der Waals surface area contributed by atoms with Gasteiger partial charge in [-0.3, -0.25) is 9.59 Å². The van der Waals surface area contributed by atoms with Gasteiger partial charge in [0.15, 0.2) is 6.61 Å². The van der Waals surface area contributed by atoms with Crippen molar-refractivity contribution in [1.82, 2.24) is 9.21 Å². The van der Waals surface area contributed by atoms with Gasteiger partial charge >= 0.3 is 5.63 Å². The van der Waals surface area contributed by atoms with Crippen LogP contribution in [0.3, 0.4) is 0 Å². The van der Waals surface area contributed by atoms with Crippen LogP contribution in [0.25, 0.3) is 11.0 Å². The van der Waals surface area contributed by atoms with Gasteiger partial charge in [0.2, 0.25) is 10.0 Å². The summed E-state index contributed by atoms with van der Waals surface area (Å²) in [4.78, 5) is 38.2. The Balaban J connectivity index is 1.32. The van der Waals surface area contributed by atoms with Crippen LogP contribution in [0.4, 0.5) is 5.69 Å². The molecule has 3 heterocycles. The van der Waals surface area contributed by atoms with Gasteiger partial charge in [0, 0.05) is 31.6 Å². The second-order valence-corrected chi connectivity index (χ2v) is 9.61. The minimum Gasteiger partial charge on any atom is -0.482 e. The Morgan fingerprint density at radius 1 is 0.970 bits per heavy atom. The number of para-hydroxylation sites is 1. The molecular weight excluding hydrogens is 450 g/mol. The Bertz CT molecular complexity index is 1440. The van der Waals surface area contributed by atoms with Crippen molar-refractivity contribution in [3.63, 3.8) is 0 Å². The quantitative estimate of drug-likeness (QED) is 0.573. The summed E-state index contributed by atoms with van der Waals surface area (Å²) in [7, 11) is -3.86. The van der Waals surface area contributed by atoms with E-state index in [0.717, 1.165) is 0 Å². The number of sulfonamides is 1. The van der Waals surface area contributed by atoms with Crippen LogP contribution in [0, 0.1) is 0 Å². The molecule has 33 heavy (non-hydrogen) atoms. The SMILES string of the molecule is O=C1COc2ccc(S(=O)(=O)N3CCN(C(=O)c4cc5ccccc5oc4=O)CC3)cc2N1. The highest BCUT2D eigenvalue weighted by atomic mass is 32.2. The molecule has 2 aromatic carbocycles. The van der Waals surface area contributed by atoms with Crippen LogP contribution in [0.1, 0.15) is 10.4 Å². The van der Waals surface area contributed by atoms with E-state index < -0.39 is 21.6 Å². The Morgan fingerprint density at radius 3 is 2.52 bits per heavy atom. The summed E-state index contributed by atoms with van der Waals surface area (Å²) in [6, 6.07) is 12.7. The van der Waals surface area contributed by atoms with Gasteiger partial charge in [-0.15, -0.1) is 0 Å². The van der Waals surface area contributed by atoms with Crippen molar-refractivity contribution in [1.29, 1.82) is 0 Å². The number of carbonyl (C=O) groups excluding carboxylic acids is 2. The second kappa shape index (κ2) is 8.01. The summed E-state index contributed by atoms with van der Waals surface area (Å²) in [6.07, 6.45) is 0. The number of hydrogen-bond acceptors (Lipinski definition) is 7. The van der Waals surface area contributed by atoms with E-state index in [4.69, 9.17) is 9.15 Å². The van der Waals surface area contributed by atoms with Gasteiger partial charge in [-0.2, -0.15) is 4.31 Å². The largest absolute Gasteiger partial charge is 0.482 e. The molecule has 2 amide bonds. The van der Waals surface area contributed by atoms with Crippen LogP contribution >= 0.6 is 0 Å². The molecular formula is C22H19N3O7S. The minimum absolute atomic E-state index is 0.0157. The number of carbonyl (C=O) groups is 2. The average Bonchev–Trinajstić information content (AvgIpc) is 2.82. The van der Waals surface area contributed by atoms with Gasteiger partial charge in [0.25, 0.3) is 11.8 Å². The fraction of sp³-hybridized carbons (Fsp3) is 0.227. The summed E-state index contributed by atoms with van der Waals surface area (Å²) in [5.74, 6) is -0.458. The molecule has 2 aliphatic rings. The Kier molecular flexibility index (Phi) is 5.14. The smallest absolute Gasteiger partial charge is 0.349 e. The van der Waals surface area contributed by atoms with Gasteiger partial charge in [-0.05, 0) is 30.3 Å². The van der Waals surface area contributed by atoms with Gasteiger partial charge in [-0.1, -0.05) is 18.2 Å². The van der Waals surface area contributed by atoms with E-state index in [-0.39, 0.29) is 49.2 Å². The number of ether oxygens (including phenoxy) is 1. The number of hydrogen-bond donors (Lipinski definition) is 1. The Labute approximate surface area is 188 Å². The van der Waals surface area contributed by atoms with Crippen molar-refractivity contribution < 1.29 is 27.2 Å². The number of nitrogens with one attached hydrogen (secondary N) is 1. The number of fused-ring (bicyclic) bond motifs is 2. The predicted octanol–water partition coefficient (Wildman–Crippen LogP) is 1.27. The average molecular weight is 469 g/mol. The first-order valence-corrected chi connectivity index (χ1v) is 11.7. The van der Waals surface area contributed by atoms with Crippen LogP contribution < -0.4 is 15.7 Å². The van der Waals surface area contributed by atoms with Crippen molar-refractivity contribution in [2.24, 2.45) is 0 Å². The van der Waals surface area contributed by atoms with Crippen LogP contribution in [-0.2, 0) is 14.8 Å². The molecule has 1 N–H and O–H groups in total. The number of anilines is 1. The number of benzene rings is 2. The standard InChI is InChI=1S/C22H19N3O7S/c26-20-13-31-19-6-5-15(12-17(19)23-20)33(29,30)25-9-7-24(8-10-25)21(27)16-11-14-3-1-2-4-18(14)32-22(16)28/h1-6,11-12H,7-10,13H2,(H,23,26). The van der Waals surface area contributed by atoms with E-state index in [1.54, 1.807) is 24.3 Å². The molecule has 0 aliphatic carbocycles. The van der Waals surface area contributed by atoms with E-state index in [2.05, 4.69) is 5.32 Å². The second-order valence-electron chi connectivity index (χ2n) is 7.68. The molecule has 170 valence electrons. The zero-order valence-corrected chi connectivity index (χ0v) is 18.1. The third-order valence-corrected chi connectivity index (χ3v) is 7.51. The molecule has 0 spiro atoms. The molecule has 11 heteroatoms. The molecule has 10 nitrogen and oxygen atoms in total. The van der Waals surface area contributed by atoms with E-state index in [9.17, 15) is 22.8 Å². The van der Waals surface area contributed by atoms with Crippen molar-refractivity contribution >= 4 is 38.5 Å². The summed E-state index contributed by atoms with van der Waals surface area (Å²) >= 11 is 0. The van der Waals surface area contributed by atoms with Crippen molar-refractivity contribution in [3.05, 3.63) is 64.5 Å². The van der Waals surface area contributed by atoms with E-state index in [0.29, 0.717) is 22.4 Å². The molecule has 5 rings (SSSR count). The van der Waals surface area contributed by atoms with Crippen molar-refractivity contribution in [2.45, 2.75) is 4.90 Å². The van der Waals surface area contributed by atoms with Gasteiger partial charge in [-0.25, -0.2) is 13.2 Å². The van der Waals surface area contributed by atoms with Gasteiger partial charge in [0.05, 0.1) is 10.6 Å². The lowest BCUT2D eigenvalue weighted by molar-refractivity contribution is -0.118. The molecule has 0 atom stereocenters. The number of nitrogens with zero attached hydrogens (tertiary/aromatic N) is 2. The summed E-state index contributed by atoms with van der Waals surface area (Å²) in [5.41, 5.74) is -0.131. The fourth-order valence-electron chi connectivity index (χ4n) is 3.88. The lowest BCUT2D eigenvalue weighted by Crippen LogP contribution is -2.51. The summed E-state index contributed by atoms with van der Waals surface area (Å²) < 4.78 is 38.0. The maximum atomic E-state index is 13.1. The highest BCUT2D eigenvalue weighted by Gasteiger charge is 2.32. The fourth-order valence-corrected chi connectivity index (χ4v) is 5.33. The third kappa shape index (κ3) is 3.85. The third-order valence-electron chi connectivity index (χ3n) is 5.62. The maximum absolute atomic E-state index is 13.1. The van der Waals surface area contributed by atoms with Crippen LogP contribution in [0.2, 0.25) is 0 Å². The lowest BCUT2D eigenvalue weighted by Gasteiger charge is -2.34. The molecule has 1 saturated heterocycles. The van der Waals surface area contributed by atoms with Gasteiger partial charge in [0.1, 0.15) is 16.9 Å². The lowest BCUT2D eigenvalue weighted by atomic mass is 10.1. The first-order valence-electron chi connectivity index (χ1n) is 10.2. The van der Waals surface area contributed by atoms with Crippen LogP contribution in [0.5, 0.6) is 5.75 Å². The van der Waals surface area contributed by atoms with E-state index in [1.165, 1.54) is 33.5 Å².